The van der Waals surface area contributed by atoms with Gasteiger partial charge in [0, 0.05) is 31.2 Å². The average molecular weight is 256 g/mol. The molecule has 0 atom stereocenters. The lowest BCUT2D eigenvalue weighted by Crippen LogP contribution is -2.00. The first-order chi connectivity index (χ1) is 9.19. The molecular weight excluding hydrogens is 232 g/mol. The monoisotopic (exact) mass is 256 g/mol. The minimum atomic E-state index is 0.576. The van der Waals surface area contributed by atoms with Gasteiger partial charge < -0.3 is 9.88 Å². The maximum absolute atomic E-state index is 3.50. The molecule has 0 radical (unpaired) electrons. The maximum atomic E-state index is 3.50. The van der Waals surface area contributed by atoms with Gasteiger partial charge in [0.1, 0.15) is 0 Å². The highest BCUT2D eigenvalue weighted by Gasteiger charge is 2.01. The van der Waals surface area contributed by atoms with Crippen LogP contribution in [0.25, 0.3) is 0 Å². The molecular formula is C17H24N2. The first-order valence-electron chi connectivity index (χ1n) is 7.17. The van der Waals surface area contributed by atoms with Crippen LogP contribution in [-0.2, 0) is 13.1 Å². The van der Waals surface area contributed by atoms with Crippen LogP contribution in [0.5, 0.6) is 0 Å². The van der Waals surface area contributed by atoms with E-state index in [1.54, 1.807) is 0 Å². The van der Waals surface area contributed by atoms with Crippen LogP contribution in [0.15, 0.2) is 42.7 Å². The van der Waals surface area contributed by atoms with E-state index in [1.165, 1.54) is 23.2 Å². The molecule has 0 amide bonds. The number of hydrogen-bond acceptors (Lipinski definition) is 1. The van der Waals surface area contributed by atoms with Crippen LogP contribution in [0.4, 0.5) is 5.69 Å². The van der Waals surface area contributed by atoms with Gasteiger partial charge in [-0.15, -0.1) is 0 Å². The van der Waals surface area contributed by atoms with E-state index < -0.39 is 0 Å². The van der Waals surface area contributed by atoms with Crippen molar-refractivity contribution in [3.05, 3.63) is 53.9 Å². The van der Waals surface area contributed by atoms with E-state index in [0.717, 1.165) is 13.1 Å². The summed E-state index contributed by atoms with van der Waals surface area (Å²) in [4.78, 5) is 0. The Balaban J connectivity index is 1.95. The van der Waals surface area contributed by atoms with E-state index in [0.29, 0.717) is 5.92 Å². The van der Waals surface area contributed by atoms with Crippen LogP contribution in [-0.4, -0.2) is 4.57 Å². The summed E-state index contributed by atoms with van der Waals surface area (Å²) in [5.74, 6) is 0.576. The second kappa shape index (κ2) is 6.46. The van der Waals surface area contributed by atoms with Gasteiger partial charge in [0.15, 0.2) is 0 Å². The van der Waals surface area contributed by atoms with E-state index in [9.17, 15) is 0 Å². The third-order valence-corrected chi connectivity index (χ3v) is 3.34. The highest BCUT2D eigenvalue weighted by Crippen LogP contribution is 2.19. The molecule has 0 unspecified atom stereocenters. The van der Waals surface area contributed by atoms with Crippen LogP contribution < -0.4 is 5.32 Å². The largest absolute Gasteiger partial charge is 0.381 e. The smallest absolute Gasteiger partial charge is 0.0415 e. The van der Waals surface area contributed by atoms with Gasteiger partial charge in [-0.1, -0.05) is 32.9 Å². The van der Waals surface area contributed by atoms with Crippen LogP contribution in [0.1, 0.15) is 44.2 Å². The topological polar surface area (TPSA) is 17.0 Å². The van der Waals surface area contributed by atoms with E-state index in [1.807, 2.05) is 0 Å². The van der Waals surface area contributed by atoms with Crippen molar-refractivity contribution in [3.8, 4) is 0 Å². The van der Waals surface area contributed by atoms with Gasteiger partial charge >= 0.3 is 0 Å². The van der Waals surface area contributed by atoms with Gasteiger partial charge in [-0.05, 0) is 41.7 Å². The number of aryl methyl sites for hydroxylation is 1. The fourth-order valence-electron chi connectivity index (χ4n) is 2.20. The Hall–Kier alpha value is -1.70. The predicted molar refractivity (Wildman–Crippen MR) is 82.6 cm³/mol. The molecule has 0 bridgehead atoms. The lowest BCUT2D eigenvalue weighted by Gasteiger charge is -2.09. The Morgan fingerprint density at radius 1 is 1.21 bits per heavy atom. The Kier molecular flexibility index (Phi) is 4.67. The zero-order valence-electron chi connectivity index (χ0n) is 12.2. The van der Waals surface area contributed by atoms with Crippen molar-refractivity contribution in [2.45, 2.75) is 46.2 Å². The molecule has 0 aliphatic heterocycles. The zero-order valence-corrected chi connectivity index (χ0v) is 12.2. The number of benzene rings is 1. The summed E-state index contributed by atoms with van der Waals surface area (Å²) in [7, 11) is 0. The first kappa shape index (κ1) is 13.7. The Morgan fingerprint density at radius 2 is 2.05 bits per heavy atom. The summed E-state index contributed by atoms with van der Waals surface area (Å²) in [5.41, 5.74) is 3.92. The standard InChI is InChI=1S/C17H24N2/c1-4-9-19-10-8-15(13-19)12-18-17-7-5-6-16(11-17)14(2)3/h5-8,10-11,13-14,18H,4,9,12H2,1-3H3. The normalized spacial score (nSPS) is 10.9. The van der Waals surface area contributed by atoms with E-state index >= 15 is 0 Å². The molecule has 0 aliphatic carbocycles. The zero-order chi connectivity index (χ0) is 13.7. The number of hydrogen-bond donors (Lipinski definition) is 1. The summed E-state index contributed by atoms with van der Waals surface area (Å²) in [6, 6.07) is 10.9. The van der Waals surface area contributed by atoms with Crippen LogP contribution in [0, 0.1) is 0 Å². The molecule has 2 nitrogen and oxygen atoms in total. The van der Waals surface area contributed by atoms with Crippen molar-refractivity contribution in [2.75, 3.05) is 5.32 Å². The third kappa shape index (κ3) is 3.88. The highest BCUT2D eigenvalue weighted by molar-refractivity contribution is 5.46. The fraction of sp³-hybridized carbons (Fsp3) is 0.412. The van der Waals surface area contributed by atoms with Gasteiger partial charge in [0.05, 0.1) is 0 Å². The minimum absolute atomic E-state index is 0.576. The molecule has 1 aromatic heterocycles. The minimum Gasteiger partial charge on any atom is -0.381 e. The molecule has 2 rings (SSSR count). The Labute approximate surface area is 116 Å². The number of anilines is 1. The predicted octanol–water partition coefficient (Wildman–Crippen LogP) is 4.63. The molecule has 2 heteroatoms. The van der Waals surface area contributed by atoms with Gasteiger partial charge in [-0.2, -0.15) is 0 Å². The van der Waals surface area contributed by atoms with Crippen LogP contribution in [0.2, 0.25) is 0 Å². The molecule has 102 valence electrons. The molecule has 0 saturated carbocycles. The first-order valence-corrected chi connectivity index (χ1v) is 7.17. The van der Waals surface area contributed by atoms with Crippen LogP contribution >= 0.6 is 0 Å². The van der Waals surface area contributed by atoms with Gasteiger partial charge in [0.2, 0.25) is 0 Å². The quantitative estimate of drug-likeness (QED) is 0.797. The summed E-state index contributed by atoms with van der Waals surface area (Å²) < 4.78 is 2.25. The molecule has 0 saturated heterocycles. The summed E-state index contributed by atoms with van der Waals surface area (Å²) in [6.45, 7) is 8.64. The summed E-state index contributed by atoms with van der Waals surface area (Å²) in [5, 5.41) is 3.50. The van der Waals surface area contributed by atoms with Gasteiger partial charge in [0.25, 0.3) is 0 Å². The summed E-state index contributed by atoms with van der Waals surface area (Å²) >= 11 is 0. The molecule has 1 N–H and O–H groups in total. The molecule has 19 heavy (non-hydrogen) atoms. The van der Waals surface area contributed by atoms with Crippen molar-refractivity contribution in [2.24, 2.45) is 0 Å². The summed E-state index contributed by atoms with van der Waals surface area (Å²) in [6.07, 6.45) is 5.56. The highest BCUT2D eigenvalue weighted by atomic mass is 14.9. The van der Waals surface area contributed by atoms with Crippen molar-refractivity contribution < 1.29 is 0 Å². The molecule has 0 aliphatic rings. The molecule has 0 fully saturated rings. The van der Waals surface area contributed by atoms with E-state index in [4.69, 9.17) is 0 Å². The third-order valence-electron chi connectivity index (χ3n) is 3.34. The van der Waals surface area contributed by atoms with Crippen LogP contribution in [0.3, 0.4) is 0 Å². The lowest BCUT2D eigenvalue weighted by molar-refractivity contribution is 0.682. The number of aromatic nitrogens is 1. The van der Waals surface area contributed by atoms with Gasteiger partial charge in [-0.3, -0.25) is 0 Å². The van der Waals surface area contributed by atoms with Gasteiger partial charge in [-0.25, -0.2) is 0 Å². The molecule has 0 spiro atoms. The Morgan fingerprint density at radius 3 is 2.79 bits per heavy atom. The van der Waals surface area contributed by atoms with Crippen molar-refractivity contribution in [1.82, 2.24) is 4.57 Å². The van der Waals surface area contributed by atoms with Crippen molar-refractivity contribution >= 4 is 5.69 Å². The number of rotatable bonds is 6. The average Bonchev–Trinajstić information content (AvgIpc) is 2.85. The lowest BCUT2D eigenvalue weighted by atomic mass is 10.0. The second-order valence-electron chi connectivity index (χ2n) is 5.39. The molecule has 1 aromatic carbocycles. The van der Waals surface area contributed by atoms with Crippen molar-refractivity contribution in [3.63, 3.8) is 0 Å². The number of nitrogens with one attached hydrogen (secondary N) is 1. The van der Waals surface area contributed by atoms with Crippen molar-refractivity contribution in [1.29, 1.82) is 0 Å². The van der Waals surface area contributed by atoms with E-state index in [2.05, 4.69) is 73.4 Å². The second-order valence-corrected chi connectivity index (χ2v) is 5.39. The fourth-order valence-corrected chi connectivity index (χ4v) is 2.20. The van der Waals surface area contributed by atoms with E-state index in [-0.39, 0.29) is 0 Å². The maximum Gasteiger partial charge on any atom is 0.0415 e. The number of nitrogens with zero attached hydrogens (tertiary/aromatic N) is 1. The molecule has 1 heterocycles. The molecule has 2 aromatic rings. The SMILES string of the molecule is CCCn1ccc(CNc2cccc(C(C)C)c2)c1. The Bertz CT molecular complexity index is 511.